The van der Waals surface area contributed by atoms with Gasteiger partial charge in [0, 0.05) is 27.2 Å². The van der Waals surface area contributed by atoms with E-state index in [0.29, 0.717) is 16.5 Å². The number of benzene rings is 5. The Labute approximate surface area is 244 Å². The van der Waals surface area contributed by atoms with Gasteiger partial charge in [0.15, 0.2) is 0 Å². The van der Waals surface area contributed by atoms with Crippen molar-refractivity contribution in [2.75, 3.05) is 5.73 Å². The molecule has 0 atom stereocenters. The van der Waals surface area contributed by atoms with Crippen LogP contribution in [-0.4, -0.2) is 38.9 Å². The highest BCUT2D eigenvalue weighted by Crippen LogP contribution is 2.38. The van der Waals surface area contributed by atoms with Gasteiger partial charge in [-0.1, -0.05) is 18.2 Å². The first kappa shape index (κ1) is 29.8. The zero-order chi connectivity index (χ0) is 31.2. The van der Waals surface area contributed by atoms with Crippen LogP contribution in [0.1, 0.15) is 0 Å². The lowest BCUT2D eigenvalue weighted by molar-refractivity contribution is 0.481. The van der Waals surface area contributed by atoms with Crippen molar-refractivity contribution in [3.8, 4) is 0 Å². The summed E-state index contributed by atoms with van der Waals surface area (Å²) in [4.78, 5) is -1.22. The summed E-state index contributed by atoms with van der Waals surface area (Å²) in [6.07, 6.45) is 0. The summed E-state index contributed by atoms with van der Waals surface area (Å²) in [6, 6.07) is 18.4. The monoisotopic (exact) mass is 641 g/mol. The van der Waals surface area contributed by atoms with Gasteiger partial charge in [0.25, 0.3) is 30.4 Å². The fourth-order valence-electron chi connectivity index (χ4n) is 4.14. The Bertz CT molecular complexity index is 2340. The molecule has 14 nitrogen and oxygen atoms in total. The van der Waals surface area contributed by atoms with Gasteiger partial charge in [-0.2, -0.15) is 30.4 Å². The van der Waals surface area contributed by atoms with Gasteiger partial charge >= 0.3 is 0 Å². The van der Waals surface area contributed by atoms with Crippen LogP contribution in [0.25, 0.3) is 21.5 Å². The Morgan fingerprint density at radius 3 is 1.47 bits per heavy atom. The predicted molar refractivity (Wildman–Crippen MR) is 157 cm³/mol. The molecule has 0 spiro atoms. The average molecular weight is 642 g/mol. The lowest BCUT2D eigenvalue weighted by atomic mass is 10.1. The molecule has 0 unspecified atom stereocenters. The quantitative estimate of drug-likeness (QED) is 0.0898. The third kappa shape index (κ3) is 6.41. The highest BCUT2D eigenvalue weighted by atomic mass is 32.2. The molecule has 0 saturated heterocycles. The zero-order valence-electron chi connectivity index (χ0n) is 21.5. The minimum atomic E-state index is -4.62. The summed E-state index contributed by atoms with van der Waals surface area (Å²) in [7, 11) is -13.6. The maximum atomic E-state index is 11.9. The van der Waals surface area contributed by atoms with Crippen molar-refractivity contribution >= 4 is 80.3 Å². The fourth-order valence-corrected chi connectivity index (χ4v) is 5.67. The summed E-state index contributed by atoms with van der Waals surface area (Å²) in [5.41, 5.74) is 6.94. The predicted octanol–water partition coefficient (Wildman–Crippen LogP) is 6.15. The lowest BCUT2D eigenvalue weighted by Crippen LogP contribution is -1.98. The molecule has 0 bridgehead atoms. The van der Waals surface area contributed by atoms with Crippen molar-refractivity contribution in [2.45, 2.75) is 14.7 Å². The molecular formula is C26H19N5O9S3. The normalized spacial score (nSPS) is 13.0. The van der Waals surface area contributed by atoms with E-state index in [9.17, 15) is 38.9 Å². The summed E-state index contributed by atoms with van der Waals surface area (Å²) < 4.78 is 98.4. The van der Waals surface area contributed by atoms with E-state index in [1.165, 1.54) is 66.7 Å². The third-order valence-electron chi connectivity index (χ3n) is 6.19. The van der Waals surface area contributed by atoms with Crippen molar-refractivity contribution in [2.24, 2.45) is 20.5 Å². The highest BCUT2D eigenvalue weighted by Gasteiger charge is 2.16. The number of nitrogens with two attached hydrogens (primary N) is 1. The Balaban J connectivity index is 1.64. The molecule has 43 heavy (non-hydrogen) atoms. The molecular weight excluding hydrogens is 623 g/mol. The number of fused-ring (bicyclic) bond motifs is 2. The summed E-state index contributed by atoms with van der Waals surface area (Å²) in [5.74, 6) is 0. The van der Waals surface area contributed by atoms with Crippen LogP contribution in [0.2, 0.25) is 0 Å². The molecule has 5 aromatic rings. The molecule has 0 amide bonds. The molecule has 5 aromatic carbocycles. The Hall–Kier alpha value is -4.65. The molecule has 0 saturated carbocycles. The van der Waals surface area contributed by atoms with Crippen LogP contribution in [0, 0.1) is 0 Å². The Morgan fingerprint density at radius 1 is 0.465 bits per heavy atom. The number of nitrogens with zero attached hydrogens (tertiary/aromatic N) is 4. The van der Waals surface area contributed by atoms with Crippen LogP contribution < -0.4 is 5.73 Å². The van der Waals surface area contributed by atoms with Crippen LogP contribution in [0.4, 0.5) is 28.4 Å². The first-order valence-electron chi connectivity index (χ1n) is 11.9. The van der Waals surface area contributed by atoms with Gasteiger partial charge in [0.2, 0.25) is 0 Å². The molecule has 5 rings (SSSR count). The van der Waals surface area contributed by atoms with E-state index in [4.69, 9.17) is 5.73 Å². The minimum absolute atomic E-state index is 0.0982. The van der Waals surface area contributed by atoms with Gasteiger partial charge in [0.05, 0.1) is 37.4 Å². The number of anilines is 1. The zero-order valence-corrected chi connectivity index (χ0v) is 23.9. The largest absolute Gasteiger partial charge is 0.398 e. The first-order chi connectivity index (χ1) is 20.1. The molecule has 17 heteroatoms. The van der Waals surface area contributed by atoms with Crippen molar-refractivity contribution < 1.29 is 38.9 Å². The molecule has 5 N–H and O–H groups in total. The molecule has 0 aromatic heterocycles. The van der Waals surface area contributed by atoms with E-state index in [-0.39, 0.29) is 43.3 Å². The maximum absolute atomic E-state index is 11.9. The average Bonchev–Trinajstić information content (AvgIpc) is 2.94. The molecule has 0 aliphatic rings. The minimum Gasteiger partial charge on any atom is -0.398 e. The van der Waals surface area contributed by atoms with Gasteiger partial charge < -0.3 is 5.73 Å². The van der Waals surface area contributed by atoms with Gasteiger partial charge in [-0.15, -0.1) is 15.3 Å². The van der Waals surface area contributed by atoms with E-state index in [1.807, 2.05) is 0 Å². The second kappa shape index (κ2) is 10.9. The van der Waals surface area contributed by atoms with E-state index in [0.717, 1.165) is 18.2 Å². The molecule has 0 aliphatic heterocycles. The van der Waals surface area contributed by atoms with Crippen molar-refractivity contribution in [3.05, 3.63) is 84.9 Å². The van der Waals surface area contributed by atoms with Gasteiger partial charge in [-0.05, 0) is 66.7 Å². The second-order valence-corrected chi connectivity index (χ2v) is 13.3. The van der Waals surface area contributed by atoms with Crippen molar-refractivity contribution in [1.29, 1.82) is 0 Å². The molecule has 0 aliphatic carbocycles. The SMILES string of the molecule is Nc1ccc(N=Nc2ccc(N=Nc3cccc(S(=O)(=O)O)c3)c3ccc(S(=O)(=O)O)cc23)c2cc(S(=O)(=O)O)ccc12. The van der Waals surface area contributed by atoms with Gasteiger partial charge in [-0.3, -0.25) is 13.7 Å². The van der Waals surface area contributed by atoms with E-state index in [2.05, 4.69) is 20.5 Å². The molecule has 0 radical (unpaired) electrons. The standard InChI is InChI=1S/C26H19N5O9S3/c27-23-8-9-25(21-13-17(42(35,36)37)4-6-19(21)23)30-31-26-11-10-24(20-7-5-18(14-22(20)26)43(38,39)40)29-28-15-2-1-3-16(12-15)41(32,33)34/h1-14H,27H2,(H,32,33,34)(H,35,36,37)(H,38,39,40). The van der Waals surface area contributed by atoms with Gasteiger partial charge in [-0.25, -0.2) is 0 Å². The van der Waals surface area contributed by atoms with Crippen molar-refractivity contribution in [1.82, 2.24) is 0 Å². The second-order valence-electron chi connectivity index (χ2n) is 9.02. The smallest absolute Gasteiger partial charge is 0.294 e. The maximum Gasteiger partial charge on any atom is 0.294 e. The summed E-state index contributed by atoms with van der Waals surface area (Å²) >= 11 is 0. The van der Waals surface area contributed by atoms with E-state index >= 15 is 0 Å². The summed E-state index contributed by atoms with van der Waals surface area (Å²) in [5, 5.41) is 17.8. The summed E-state index contributed by atoms with van der Waals surface area (Å²) in [6.45, 7) is 0. The molecule has 220 valence electrons. The molecule has 0 heterocycles. The van der Waals surface area contributed by atoms with Crippen LogP contribution in [0.3, 0.4) is 0 Å². The third-order valence-corrected chi connectivity index (χ3v) is 8.74. The van der Waals surface area contributed by atoms with Crippen LogP contribution in [0.15, 0.2) is 120 Å². The Morgan fingerprint density at radius 2 is 0.907 bits per heavy atom. The topological polar surface area (TPSA) is 239 Å². The lowest BCUT2D eigenvalue weighted by Gasteiger charge is -2.08. The number of nitrogen functional groups attached to an aromatic ring is 1. The van der Waals surface area contributed by atoms with E-state index in [1.54, 1.807) is 0 Å². The fraction of sp³-hybridized carbons (Fsp3) is 0. The van der Waals surface area contributed by atoms with Crippen LogP contribution in [-0.2, 0) is 30.4 Å². The molecule has 0 fully saturated rings. The first-order valence-corrected chi connectivity index (χ1v) is 16.2. The van der Waals surface area contributed by atoms with Crippen LogP contribution >= 0.6 is 0 Å². The number of hydrogen-bond donors (Lipinski definition) is 4. The number of azo groups is 2. The van der Waals surface area contributed by atoms with Crippen molar-refractivity contribution in [3.63, 3.8) is 0 Å². The Kier molecular flexibility index (Phi) is 7.55. The number of hydrogen-bond acceptors (Lipinski definition) is 11. The highest BCUT2D eigenvalue weighted by molar-refractivity contribution is 7.86. The number of rotatable bonds is 7. The van der Waals surface area contributed by atoms with Crippen LogP contribution in [0.5, 0.6) is 0 Å². The van der Waals surface area contributed by atoms with Gasteiger partial charge in [0.1, 0.15) is 0 Å². The van der Waals surface area contributed by atoms with E-state index < -0.39 is 35.2 Å².